The average molecular weight is 507 g/mol. The fraction of sp³-hybridized carbons (Fsp3) is 0.531. The molecule has 1 fully saturated rings. The molecule has 0 spiro atoms. The monoisotopic (exact) mass is 506 g/mol. The molecule has 3 aliphatic rings. The summed E-state index contributed by atoms with van der Waals surface area (Å²) in [4.78, 5) is 12.9. The van der Waals surface area contributed by atoms with Crippen molar-refractivity contribution in [3.05, 3.63) is 69.4 Å². The lowest BCUT2D eigenvalue weighted by Gasteiger charge is -2.52. The van der Waals surface area contributed by atoms with Crippen LogP contribution in [0.3, 0.4) is 0 Å². The fourth-order valence-corrected chi connectivity index (χ4v) is 6.20. The minimum atomic E-state index is -1.39. The number of aromatic hydroxyl groups is 1. The highest BCUT2D eigenvalue weighted by molar-refractivity contribution is 5.93. The Balaban J connectivity index is 1.72. The molecule has 0 aromatic heterocycles. The molecule has 1 heterocycles. The zero-order valence-corrected chi connectivity index (χ0v) is 23.4. The Morgan fingerprint density at radius 2 is 1.95 bits per heavy atom. The molecule has 1 aromatic rings. The van der Waals surface area contributed by atoms with Crippen LogP contribution in [0, 0.1) is 18.3 Å². The van der Waals surface area contributed by atoms with Crippen molar-refractivity contribution in [1.82, 2.24) is 0 Å². The second-order valence-corrected chi connectivity index (χ2v) is 11.7. The lowest BCUT2D eigenvalue weighted by atomic mass is 9.56. The minimum absolute atomic E-state index is 0.170. The van der Waals surface area contributed by atoms with E-state index >= 15 is 0 Å². The van der Waals surface area contributed by atoms with Gasteiger partial charge in [-0.3, -0.25) is 0 Å². The predicted octanol–water partition coefficient (Wildman–Crippen LogP) is 7.01. The van der Waals surface area contributed by atoms with Crippen molar-refractivity contribution in [3.63, 3.8) is 0 Å². The van der Waals surface area contributed by atoms with E-state index in [4.69, 9.17) is 9.47 Å². The van der Waals surface area contributed by atoms with Crippen LogP contribution in [0.2, 0.25) is 0 Å². The molecule has 1 aliphatic heterocycles. The van der Waals surface area contributed by atoms with Gasteiger partial charge in [0.25, 0.3) is 5.79 Å². The molecule has 0 bridgehead atoms. The first-order chi connectivity index (χ1) is 17.4. The van der Waals surface area contributed by atoms with Crippen molar-refractivity contribution in [3.8, 4) is 11.5 Å². The summed E-state index contributed by atoms with van der Waals surface area (Å²) >= 11 is 0. The largest absolute Gasteiger partial charge is 0.508 e. The van der Waals surface area contributed by atoms with Gasteiger partial charge in [-0.15, -0.1) is 0 Å². The first-order valence-electron chi connectivity index (χ1n) is 13.5. The molecule has 0 radical (unpaired) electrons. The van der Waals surface area contributed by atoms with Gasteiger partial charge in [0.15, 0.2) is 0 Å². The number of hydrogen-bond donors (Lipinski definition) is 2. The zero-order valence-electron chi connectivity index (χ0n) is 23.4. The number of hydrogen-bond acceptors (Lipinski definition) is 5. The highest BCUT2D eigenvalue weighted by Gasteiger charge is 2.62. The van der Waals surface area contributed by atoms with Crippen molar-refractivity contribution in [2.45, 2.75) is 98.9 Å². The summed E-state index contributed by atoms with van der Waals surface area (Å²) in [5, 5.41) is 22.1. The number of esters is 1. The lowest BCUT2D eigenvalue weighted by molar-refractivity contribution is -0.184. The summed E-state index contributed by atoms with van der Waals surface area (Å²) in [7, 11) is 0. The number of phenols is 1. The molecule has 2 N–H and O–H groups in total. The second-order valence-electron chi connectivity index (χ2n) is 11.7. The van der Waals surface area contributed by atoms with Gasteiger partial charge >= 0.3 is 5.97 Å². The molecule has 4 atom stereocenters. The van der Waals surface area contributed by atoms with Gasteiger partial charge in [0.2, 0.25) is 0 Å². The summed E-state index contributed by atoms with van der Waals surface area (Å²) in [5.74, 6) is -0.809. The summed E-state index contributed by atoms with van der Waals surface area (Å²) in [6.07, 6.45) is 10.5. The number of allylic oxidation sites excluding steroid dienone is 5. The number of carbonyl (C=O) groups excluding carboxylic acids is 1. The van der Waals surface area contributed by atoms with Crippen LogP contribution in [0.4, 0.5) is 0 Å². The Bertz CT molecular complexity index is 1210. The van der Waals surface area contributed by atoms with E-state index in [1.165, 1.54) is 11.1 Å². The molecule has 1 saturated carbocycles. The highest BCUT2D eigenvalue weighted by atomic mass is 16.7. The van der Waals surface area contributed by atoms with E-state index in [2.05, 4.69) is 52.8 Å². The van der Waals surface area contributed by atoms with Crippen LogP contribution >= 0.6 is 0 Å². The van der Waals surface area contributed by atoms with Gasteiger partial charge in [-0.25, -0.2) is 4.79 Å². The third kappa shape index (κ3) is 4.90. The standard InChI is InChI=1S/C32H42O5/c1-19(2)10-8-11-20(3)14-15-24-17-26(33)16-21(4)28(24)36-32-18-25-13-9-12-22(5)31(25,7)29(34)27(32)23(6)30(35)37-32/h10,13-14,16-17,22,29,33-34H,8-9,11-12,15,18H2,1-7H3/b20-14+/t22-,29+,31+,32+/m0/s1. The maximum Gasteiger partial charge on any atom is 0.337 e. The van der Waals surface area contributed by atoms with E-state index in [9.17, 15) is 15.0 Å². The van der Waals surface area contributed by atoms with Crippen molar-refractivity contribution in [1.29, 1.82) is 0 Å². The zero-order chi connectivity index (χ0) is 27.1. The van der Waals surface area contributed by atoms with Crippen molar-refractivity contribution in [2.75, 3.05) is 0 Å². The minimum Gasteiger partial charge on any atom is -0.508 e. The first-order valence-corrected chi connectivity index (χ1v) is 13.5. The van der Waals surface area contributed by atoms with Crippen molar-refractivity contribution < 1.29 is 24.5 Å². The number of fused-ring (bicyclic) bond motifs is 2. The van der Waals surface area contributed by atoms with E-state index in [0.717, 1.165) is 42.4 Å². The summed E-state index contributed by atoms with van der Waals surface area (Å²) in [6, 6.07) is 3.39. The Kier molecular flexibility index (Phi) is 7.49. The smallest absolute Gasteiger partial charge is 0.337 e. The number of aliphatic hydroxyl groups is 1. The molecule has 0 unspecified atom stereocenters. The number of phenolic OH excluding ortho intramolecular Hbond substituents is 1. The Labute approximate surface area is 221 Å². The molecule has 0 amide bonds. The molecule has 1 aromatic carbocycles. The molecule has 200 valence electrons. The predicted molar refractivity (Wildman–Crippen MR) is 146 cm³/mol. The molecule has 4 rings (SSSR count). The van der Waals surface area contributed by atoms with Crippen LogP contribution in [0.25, 0.3) is 0 Å². The molecule has 5 nitrogen and oxygen atoms in total. The molecular formula is C32H42O5. The second kappa shape index (κ2) is 10.2. The van der Waals surface area contributed by atoms with Gasteiger partial charge in [-0.05, 0) is 90.3 Å². The molecular weight excluding hydrogens is 464 g/mol. The number of aryl methyl sites for hydroxylation is 1. The van der Waals surface area contributed by atoms with Crippen LogP contribution in [-0.2, 0) is 16.0 Å². The normalized spacial score (nSPS) is 29.4. The van der Waals surface area contributed by atoms with Gasteiger partial charge < -0.3 is 19.7 Å². The van der Waals surface area contributed by atoms with Crippen LogP contribution in [-0.4, -0.2) is 28.1 Å². The topological polar surface area (TPSA) is 76.0 Å². The summed E-state index contributed by atoms with van der Waals surface area (Å²) in [6.45, 7) is 14.2. The van der Waals surface area contributed by atoms with Crippen molar-refractivity contribution >= 4 is 5.97 Å². The van der Waals surface area contributed by atoms with Gasteiger partial charge in [-0.2, -0.15) is 0 Å². The van der Waals surface area contributed by atoms with Crippen LogP contribution in [0.1, 0.15) is 84.8 Å². The van der Waals surface area contributed by atoms with E-state index < -0.39 is 23.3 Å². The average Bonchev–Trinajstić information content (AvgIpc) is 3.06. The van der Waals surface area contributed by atoms with E-state index in [1.807, 2.05) is 6.92 Å². The fourth-order valence-electron chi connectivity index (χ4n) is 6.20. The number of rotatable bonds is 7. The number of ether oxygens (including phenoxy) is 2. The number of benzene rings is 1. The third-order valence-electron chi connectivity index (χ3n) is 8.71. The quantitative estimate of drug-likeness (QED) is 0.307. The summed E-state index contributed by atoms with van der Waals surface area (Å²) in [5.41, 5.74) is 5.74. The first kappa shape index (κ1) is 27.3. The third-order valence-corrected chi connectivity index (χ3v) is 8.71. The molecule has 5 heteroatoms. The Morgan fingerprint density at radius 3 is 2.65 bits per heavy atom. The number of carbonyl (C=O) groups is 1. The molecule has 37 heavy (non-hydrogen) atoms. The van der Waals surface area contributed by atoms with Gasteiger partial charge in [0.05, 0.1) is 18.1 Å². The summed E-state index contributed by atoms with van der Waals surface area (Å²) < 4.78 is 12.7. The number of aliphatic hydroxyl groups excluding tert-OH is 1. The van der Waals surface area contributed by atoms with Gasteiger partial charge in [-0.1, -0.05) is 48.8 Å². The SMILES string of the molecule is CC(C)=CCC/C(C)=C/Cc1cc(O)cc(C)c1O[C@@]12CC3=CCC[C@H](C)[C@@]3(C)[C@H](O)C1=C(C)C(=O)O2. The maximum absolute atomic E-state index is 12.9. The molecule has 0 saturated heterocycles. The highest BCUT2D eigenvalue weighted by Crippen LogP contribution is 2.58. The van der Waals surface area contributed by atoms with Crippen LogP contribution in [0.5, 0.6) is 11.5 Å². The Hall–Kier alpha value is -2.79. The van der Waals surface area contributed by atoms with E-state index in [1.54, 1.807) is 19.1 Å². The van der Waals surface area contributed by atoms with Crippen LogP contribution < -0.4 is 4.74 Å². The van der Waals surface area contributed by atoms with E-state index in [0.29, 0.717) is 29.7 Å². The molecule has 2 aliphatic carbocycles. The van der Waals surface area contributed by atoms with Gasteiger partial charge in [0, 0.05) is 16.6 Å². The van der Waals surface area contributed by atoms with Gasteiger partial charge in [0.1, 0.15) is 11.5 Å². The van der Waals surface area contributed by atoms with E-state index in [-0.39, 0.29) is 11.7 Å². The maximum atomic E-state index is 12.9. The lowest BCUT2D eigenvalue weighted by Crippen LogP contribution is -2.56. The van der Waals surface area contributed by atoms with Crippen LogP contribution in [0.15, 0.2) is 58.2 Å². The van der Waals surface area contributed by atoms with Crippen molar-refractivity contribution in [2.24, 2.45) is 11.3 Å². The Morgan fingerprint density at radius 1 is 1.22 bits per heavy atom.